The topological polar surface area (TPSA) is 65.4 Å². The number of nitrogens with zero attached hydrogens (tertiary/aromatic N) is 1. The molecule has 0 aliphatic rings. The molecule has 0 radical (unpaired) electrons. The molecule has 0 N–H and O–H groups in total. The van der Waals surface area contributed by atoms with Crippen LogP contribution in [-0.4, -0.2) is 25.2 Å². The SMILES string of the molecule is CCCC(=O)Oc1ccn(-c2cc(-c3ccc(S(C)(=O)=O)cc3)c(C(F)(F)F)cc2C)c1. The number of hydrogen-bond acceptors (Lipinski definition) is 4. The summed E-state index contributed by atoms with van der Waals surface area (Å²) in [7, 11) is -3.48. The predicted octanol–water partition coefficient (Wildman–Crippen LogP) is 5.58. The van der Waals surface area contributed by atoms with Crippen molar-refractivity contribution in [2.45, 2.75) is 37.8 Å². The molecule has 5 nitrogen and oxygen atoms in total. The van der Waals surface area contributed by atoms with Gasteiger partial charge in [-0.1, -0.05) is 19.1 Å². The molecule has 0 amide bonds. The van der Waals surface area contributed by atoms with Gasteiger partial charge in [0.05, 0.1) is 16.7 Å². The fourth-order valence-corrected chi connectivity index (χ4v) is 3.93. The zero-order valence-electron chi connectivity index (χ0n) is 17.7. The highest BCUT2D eigenvalue weighted by atomic mass is 32.2. The van der Waals surface area contributed by atoms with Gasteiger partial charge in [-0.3, -0.25) is 4.79 Å². The molecule has 0 bridgehead atoms. The number of hydrogen-bond donors (Lipinski definition) is 0. The molecule has 1 aromatic heterocycles. The van der Waals surface area contributed by atoms with Gasteiger partial charge in [0.1, 0.15) is 5.75 Å². The molecule has 0 saturated heterocycles. The first-order valence-corrected chi connectivity index (χ1v) is 11.7. The van der Waals surface area contributed by atoms with E-state index in [-0.39, 0.29) is 28.4 Å². The van der Waals surface area contributed by atoms with E-state index in [1.807, 2.05) is 6.92 Å². The maximum absolute atomic E-state index is 13.8. The quantitative estimate of drug-likeness (QED) is 0.446. The van der Waals surface area contributed by atoms with E-state index in [2.05, 4.69) is 0 Å². The van der Waals surface area contributed by atoms with Crippen LogP contribution in [0.5, 0.6) is 5.75 Å². The Balaban J connectivity index is 2.09. The first-order valence-electron chi connectivity index (χ1n) is 9.81. The van der Waals surface area contributed by atoms with E-state index in [0.717, 1.165) is 12.3 Å². The molecular formula is C23H22F3NO4S. The first kappa shape index (κ1) is 23.6. The molecule has 0 unspecified atom stereocenters. The summed E-state index contributed by atoms with van der Waals surface area (Å²) < 4.78 is 71.5. The molecule has 2 aromatic carbocycles. The Morgan fingerprint density at radius 3 is 2.31 bits per heavy atom. The minimum absolute atomic E-state index is 0.0195. The maximum atomic E-state index is 13.8. The van der Waals surface area contributed by atoms with Crippen molar-refractivity contribution in [1.82, 2.24) is 4.57 Å². The van der Waals surface area contributed by atoms with E-state index in [0.29, 0.717) is 23.4 Å². The highest BCUT2D eigenvalue weighted by Gasteiger charge is 2.34. The van der Waals surface area contributed by atoms with Crippen LogP contribution < -0.4 is 4.74 Å². The van der Waals surface area contributed by atoms with Gasteiger partial charge in [0.25, 0.3) is 0 Å². The summed E-state index contributed by atoms with van der Waals surface area (Å²) in [4.78, 5) is 11.7. The van der Waals surface area contributed by atoms with Crippen LogP contribution in [0, 0.1) is 6.92 Å². The van der Waals surface area contributed by atoms with Crippen LogP contribution in [0.3, 0.4) is 0 Å². The first-order chi connectivity index (χ1) is 14.9. The molecule has 3 rings (SSSR count). The van der Waals surface area contributed by atoms with Gasteiger partial charge in [-0.15, -0.1) is 0 Å². The molecule has 0 spiro atoms. The third-order valence-electron chi connectivity index (χ3n) is 4.86. The summed E-state index contributed by atoms with van der Waals surface area (Å²) in [6.07, 6.45) is 0.452. The molecule has 0 atom stereocenters. The molecule has 0 aliphatic carbocycles. The highest BCUT2D eigenvalue weighted by molar-refractivity contribution is 7.90. The molecule has 9 heteroatoms. The van der Waals surface area contributed by atoms with Crippen molar-refractivity contribution in [2.24, 2.45) is 0 Å². The highest BCUT2D eigenvalue weighted by Crippen LogP contribution is 2.40. The van der Waals surface area contributed by atoms with Gasteiger partial charge in [-0.2, -0.15) is 13.2 Å². The number of carbonyl (C=O) groups excluding carboxylic acids is 1. The second-order valence-corrected chi connectivity index (χ2v) is 9.47. The van der Waals surface area contributed by atoms with Gasteiger partial charge >= 0.3 is 12.1 Å². The minimum atomic E-state index is -4.61. The predicted molar refractivity (Wildman–Crippen MR) is 115 cm³/mol. The second kappa shape index (κ2) is 8.82. The zero-order chi connectivity index (χ0) is 23.7. The van der Waals surface area contributed by atoms with Crippen LogP contribution in [0.15, 0.2) is 59.8 Å². The Hall–Kier alpha value is -3.07. The van der Waals surface area contributed by atoms with Gasteiger partial charge in [-0.05, 0) is 60.4 Å². The molecule has 0 aliphatic heterocycles. The fourth-order valence-electron chi connectivity index (χ4n) is 3.30. The van der Waals surface area contributed by atoms with Crippen LogP contribution in [0.1, 0.15) is 30.9 Å². The molecular weight excluding hydrogens is 443 g/mol. The van der Waals surface area contributed by atoms with E-state index >= 15 is 0 Å². The Labute approximate surface area is 184 Å². The summed E-state index contributed by atoms with van der Waals surface area (Å²) in [5.74, 6) is -0.0946. The van der Waals surface area contributed by atoms with Crippen molar-refractivity contribution >= 4 is 15.8 Å². The molecule has 32 heavy (non-hydrogen) atoms. The number of sulfone groups is 1. The number of ether oxygens (including phenoxy) is 1. The number of alkyl halides is 3. The standard InChI is InChI=1S/C23H22F3NO4S/c1-4-5-22(28)31-17-10-11-27(14-17)21-13-19(20(12-15(21)2)23(24,25)26)16-6-8-18(9-7-16)32(3,29)30/h6-14H,4-5H2,1-3H3. The van der Waals surface area contributed by atoms with Gasteiger partial charge < -0.3 is 9.30 Å². The van der Waals surface area contributed by atoms with Crippen molar-refractivity contribution in [2.75, 3.05) is 6.26 Å². The normalized spacial score (nSPS) is 12.1. The summed E-state index contributed by atoms with van der Waals surface area (Å²) in [6, 6.07) is 9.28. The van der Waals surface area contributed by atoms with Gasteiger partial charge in [0.15, 0.2) is 9.84 Å². The average Bonchev–Trinajstić information content (AvgIpc) is 3.14. The Kier molecular flexibility index (Phi) is 6.50. The maximum Gasteiger partial charge on any atom is 0.417 e. The number of esters is 1. The number of benzene rings is 2. The minimum Gasteiger partial charge on any atom is -0.425 e. The molecule has 3 aromatic rings. The van der Waals surface area contributed by atoms with Crippen LogP contribution in [-0.2, 0) is 20.8 Å². The second-order valence-electron chi connectivity index (χ2n) is 7.46. The Morgan fingerprint density at radius 2 is 1.75 bits per heavy atom. The van der Waals surface area contributed by atoms with E-state index in [9.17, 15) is 26.4 Å². The third kappa shape index (κ3) is 5.21. The monoisotopic (exact) mass is 465 g/mol. The number of rotatable bonds is 6. The lowest BCUT2D eigenvalue weighted by atomic mass is 9.96. The number of halogens is 3. The molecule has 170 valence electrons. The summed E-state index contributed by atoms with van der Waals surface area (Å²) in [5.41, 5.74) is 0.158. The van der Waals surface area contributed by atoms with Gasteiger partial charge in [0, 0.05) is 24.6 Å². The Morgan fingerprint density at radius 1 is 1.09 bits per heavy atom. The largest absolute Gasteiger partial charge is 0.425 e. The van der Waals surface area contributed by atoms with Crippen LogP contribution >= 0.6 is 0 Å². The van der Waals surface area contributed by atoms with Crippen LogP contribution in [0.2, 0.25) is 0 Å². The van der Waals surface area contributed by atoms with Crippen molar-refractivity contribution in [1.29, 1.82) is 0 Å². The lowest BCUT2D eigenvalue weighted by Crippen LogP contribution is -2.09. The van der Waals surface area contributed by atoms with E-state index in [1.54, 1.807) is 23.8 Å². The van der Waals surface area contributed by atoms with Crippen LogP contribution in [0.25, 0.3) is 16.8 Å². The lowest BCUT2D eigenvalue weighted by Gasteiger charge is -2.18. The van der Waals surface area contributed by atoms with E-state index in [4.69, 9.17) is 4.74 Å². The summed E-state index contributed by atoms with van der Waals surface area (Å²) >= 11 is 0. The average molecular weight is 465 g/mol. The number of aryl methyl sites for hydroxylation is 1. The molecule has 1 heterocycles. The van der Waals surface area contributed by atoms with Gasteiger partial charge in [0.2, 0.25) is 0 Å². The zero-order valence-corrected chi connectivity index (χ0v) is 18.5. The summed E-state index contributed by atoms with van der Waals surface area (Å²) in [5, 5.41) is 0. The summed E-state index contributed by atoms with van der Waals surface area (Å²) in [6.45, 7) is 3.41. The molecule has 0 fully saturated rings. The number of carbonyl (C=O) groups is 1. The van der Waals surface area contributed by atoms with E-state index in [1.165, 1.54) is 36.5 Å². The van der Waals surface area contributed by atoms with Crippen molar-refractivity contribution in [3.05, 3.63) is 66.0 Å². The third-order valence-corrected chi connectivity index (χ3v) is 5.99. The Bertz CT molecular complexity index is 1240. The fraction of sp³-hybridized carbons (Fsp3) is 0.261. The van der Waals surface area contributed by atoms with E-state index < -0.39 is 21.6 Å². The molecule has 0 saturated carbocycles. The van der Waals surface area contributed by atoms with Crippen LogP contribution in [0.4, 0.5) is 13.2 Å². The van der Waals surface area contributed by atoms with Crippen molar-refractivity contribution < 1.29 is 31.1 Å². The number of aromatic nitrogens is 1. The smallest absolute Gasteiger partial charge is 0.417 e. The lowest BCUT2D eigenvalue weighted by molar-refractivity contribution is -0.137. The van der Waals surface area contributed by atoms with Crippen molar-refractivity contribution in [3.8, 4) is 22.6 Å². The van der Waals surface area contributed by atoms with Gasteiger partial charge in [-0.25, -0.2) is 8.42 Å². The van der Waals surface area contributed by atoms with Crippen molar-refractivity contribution in [3.63, 3.8) is 0 Å².